The fourth-order valence-electron chi connectivity index (χ4n) is 1.91. The van der Waals surface area contributed by atoms with Gasteiger partial charge in [-0.05, 0) is 26.2 Å². The van der Waals surface area contributed by atoms with E-state index in [1.165, 1.54) is 0 Å². The first-order valence-corrected chi connectivity index (χ1v) is 6.38. The van der Waals surface area contributed by atoms with E-state index in [9.17, 15) is 4.79 Å². The zero-order chi connectivity index (χ0) is 12.8. The van der Waals surface area contributed by atoms with Crippen molar-refractivity contribution in [1.29, 1.82) is 0 Å². The molecule has 0 aliphatic heterocycles. The predicted molar refractivity (Wildman–Crippen MR) is 68.0 cm³/mol. The third-order valence-electron chi connectivity index (χ3n) is 2.85. The molecule has 1 rings (SSSR count). The molecule has 0 aromatic carbocycles. The van der Waals surface area contributed by atoms with E-state index in [0.717, 1.165) is 25.0 Å². The second-order valence-electron chi connectivity index (χ2n) is 4.26. The van der Waals surface area contributed by atoms with Crippen LogP contribution < -0.4 is 4.90 Å². The Morgan fingerprint density at radius 3 is 2.47 bits per heavy atom. The first-order chi connectivity index (χ1) is 8.13. The third-order valence-corrected chi connectivity index (χ3v) is 2.85. The molecule has 1 aromatic heterocycles. The molecule has 4 nitrogen and oxygen atoms in total. The highest BCUT2D eigenvalue weighted by atomic mass is 16.4. The number of carbonyl (C=O) groups is 1. The highest BCUT2D eigenvalue weighted by Gasteiger charge is 2.25. The summed E-state index contributed by atoms with van der Waals surface area (Å²) in [5.41, 5.74) is 0.806. The molecule has 0 fully saturated rings. The van der Waals surface area contributed by atoms with Gasteiger partial charge >= 0.3 is 6.01 Å². The molecule has 0 atom stereocenters. The van der Waals surface area contributed by atoms with Crippen LogP contribution in [0.2, 0.25) is 0 Å². The van der Waals surface area contributed by atoms with E-state index < -0.39 is 0 Å². The summed E-state index contributed by atoms with van der Waals surface area (Å²) in [6, 6.07) is 0.613. The molecule has 17 heavy (non-hydrogen) atoms. The van der Waals surface area contributed by atoms with Gasteiger partial charge in [-0.3, -0.25) is 9.69 Å². The van der Waals surface area contributed by atoms with Gasteiger partial charge in [-0.2, -0.15) is 4.98 Å². The van der Waals surface area contributed by atoms with E-state index >= 15 is 0 Å². The molecule has 1 heterocycles. The van der Waals surface area contributed by atoms with Gasteiger partial charge in [-0.25, -0.2) is 0 Å². The van der Waals surface area contributed by atoms with Crippen molar-refractivity contribution < 1.29 is 9.21 Å². The van der Waals surface area contributed by atoms with Gasteiger partial charge in [-0.15, -0.1) is 0 Å². The minimum atomic E-state index is 0.100. The van der Waals surface area contributed by atoms with E-state index in [2.05, 4.69) is 18.8 Å². The van der Waals surface area contributed by atoms with Crippen LogP contribution in [-0.4, -0.2) is 16.9 Å². The minimum Gasteiger partial charge on any atom is -0.431 e. The summed E-state index contributed by atoms with van der Waals surface area (Å²) < 4.78 is 5.37. The molecule has 4 heteroatoms. The van der Waals surface area contributed by atoms with E-state index in [1.807, 2.05) is 13.8 Å². The Balaban J connectivity index is 2.97. The lowest BCUT2D eigenvalue weighted by Gasteiger charge is -2.26. The first kappa shape index (κ1) is 13.7. The number of hydrogen-bond acceptors (Lipinski definition) is 3. The average Bonchev–Trinajstić information content (AvgIpc) is 2.72. The summed E-state index contributed by atoms with van der Waals surface area (Å²) >= 11 is 0. The number of rotatable bonds is 6. The van der Waals surface area contributed by atoms with Crippen LogP contribution in [0.3, 0.4) is 0 Å². The van der Waals surface area contributed by atoms with Crippen LogP contribution in [0.4, 0.5) is 6.01 Å². The summed E-state index contributed by atoms with van der Waals surface area (Å²) in [6.45, 7) is 8.03. The van der Waals surface area contributed by atoms with Crippen molar-refractivity contribution in [2.75, 3.05) is 4.90 Å². The van der Waals surface area contributed by atoms with Gasteiger partial charge < -0.3 is 4.42 Å². The smallest absolute Gasteiger partial charge is 0.304 e. The number of oxazole rings is 1. The minimum absolute atomic E-state index is 0.100. The van der Waals surface area contributed by atoms with E-state index in [0.29, 0.717) is 12.4 Å². The second kappa shape index (κ2) is 6.42. The summed E-state index contributed by atoms with van der Waals surface area (Å²) in [6.07, 6.45) is 4.79. The highest BCUT2D eigenvalue weighted by molar-refractivity contribution is 5.91. The van der Waals surface area contributed by atoms with Gasteiger partial charge in [0.1, 0.15) is 6.26 Å². The normalized spacial score (nSPS) is 10.9. The van der Waals surface area contributed by atoms with Crippen LogP contribution in [0.15, 0.2) is 10.7 Å². The van der Waals surface area contributed by atoms with E-state index in [-0.39, 0.29) is 11.9 Å². The van der Waals surface area contributed by atoms with Crippen molar-refractivity contribution in [1.82, 2.24) is 4.98 Å². The largest absolute Gasteiger partial charge is 0.431 e. The maximum atomic E-state index is 12.1. The molecule has 1 aromatic rings. The van der Waals surface area contributed by atoms with Crippen LogP contribution in [0.1, 0.15) is 52.1 Å². The molecule has 0 radical (unpaired) electrons. The van der Waals surface area contributed by atoms with Crippen LogP contribution in [0.25, 0.3) is 0 Å². The van der Waals surface area contributed by atoms with Crippen molar-refractivity contribution >= 4 is 11.9 Å². The average molecular weight is 238 g/mol. The monoisotopic (exact) mass is 238 g/mol. The molecular weight excluding hydrogens is 216 g/mol. The van der Waals surface area contributed by atoms with Crippen LogP contribution in [0, 0.1) is 6.92 Å². The lowest BCUT2D eigenvalue weighted by Crippen LogP contribution is -2.40. The Morgan fingerprint density at radius 2 is 2.06 bits per heavy atom. The second-order valence-corrected chi connectivity index (χ2v) is 4.26. The van der Waals surface area contributed by atoms with Gasteiger partial charge in [0.2, 0.25) is 5.91 Å². The maximum Gasteiger partial charge on any atom is 0.304 e. The van der Waals surface area contributed by atoms with Crippen molar-refractivity contribution in [3.63, 3.8) is 0 Å². The number of aryl methyl sites for hydroxylation is 1. The molecule has 0 saturated carbocycles. The van der Waals surface area contributed by atoms with Crippen LogP contribution in [-0.2, 0) is 4.79 Å². The fourth-order valence-corrected chi connectivity index (χ4v) is 1.91. The number of carbonyl (C=O) groups excluding carboxylic acids is 1. The molecular formula is C13H22N2O2. The Morgan fingerprint density at radius 1 is 1.41 bits per heavy atom. The molecule has 0 aliphatic carbocycles. The lowest BCUT2D eigenvalue weighted by molar-refractivity contribution is -0.119. The van der Waals surface area contributed by atoms with Gasteiger partial charge in [0.25, 0.3) is 0 Å². The lowest BCUT2D eigenvalue weighted by atomic mass is 10.1. The zero-order valence-corrected chi connectivity index (χ0v) is 11.2. The van der Waals surface area contributed by atoms with Crippen LogP contribution in [0.5, 0.6) is 0 Å². The molecule has 0 N–H and O–H groups in total. The molecule has 0 unspecified atom stereocenters. The van der Waals surface area contributed by atoms with E-state index in [1.54, 1.807) is 11.2 Å². The molecule has 96 valence electrons. The number of hydrogen-bond donors (Lipinski definition) is 0. The zero-order valence-electron chi connectivity index (χ0n) is 11.2. The van der Waals surface area contributed by atoms with Gasteiger partial charge in [-0.1, -0.05) is 20.8 Å². The highest BCUT2D eigenvalue weighted by Crippen LogP contribution is 2.21. The molecule has 0 aliphatic rings. The topological polar surface area (TPSA) is 46.3 Å². The summed E-state index contributed by atoms with van der Waals surface area (Å²) in [5, 5.41) is 0. The Labute approximate surface area is 103 Å². The van der Waals surface area contributed by atoms with Crippen molar-refractivity contribution in [2.24, 2.45) is 0 Å². The standard InChI is InChI=1S/C13H22N2O2/c1-5-8-12(16)15(11(6-2)7-3)13-14-10(4)9-17-13/h9,11H,5-8H2,1-4H3. The van der Waals surface area contributed by atoms with Crippen molar-refractivity contribution in [3.05, 3.63) is 12.0 Å². The van der Waals surface area contributed by atoms with Gasteiger partial charge in [0.15, 0.2) is 0 Å². The van der Waals surface area contributed by atoms with Gasteiger partial charge in [0, 0.05) is 12.5 Å². The number of nitrogens with zero attached hydrogens (tertiary/aromatic N) is 2. The molecule has 1 amide bonds. The summed E-state index contributed by atoms with van der Waals surface area (Å²) in [7, 11) is 0. The number of aromatic nitrogens is 1. The number of anilines is 1. The molecule has 0 bridgehead atoms. The Bertz CT molecular complexity index is 356. The van der Waals surface area contributed by atoms with Crippen molar-refractivity contribution in [3.8, 4) is 0 Å². The third kappa shape index (κ3) is 3.32. The Hall–Kier alpha value is -1.32. The van der Waals surface area contributed by atoms with Crippen LogP contribution >= 0.6 is 0 Å². The van der Waals surface area contributed by atoms with Gasteiger partial charge in [0.05, 0.1) is 5.69 Å². The predicted octanol–water partition coefficient (Wildman–Crippen LogP) is 3.30. The first-order valence-electron chi connectivity index (χ1n) is 6.38. The summed E-state index contributed by atoms with van der Waals surface area (Å²) in [4.78, 5) is 18.1. The fraction of sp³-hybridized carbons (Fsp3) is 0.692. The molecule has 0 saturated heterocycles. The Kier molecular flexibility index (Phi) is 5.19. The SMILES string of the molecule is CCCC(=O)N(c1nc(C)co1)C(CC)CC. The maximum absolute atomic E-state index is 12.1. The number of amides is 1. The molecule has 0 spiro atoms. The van der Waals surface area contributed by atoms with E-state index in [4.69, 9.17) is 4.42 Å². The van der Waals surface area contributed by atoms with Crippen molar-refractivity contribution in [2.45, 2.75) is 59.4 Å². The summed E-state index contributed by atoms with van der Waals surface area (Å²) in [5.74, 6) is 0.100. The quantitative estimate of drug-likeness (QED) is 0.763.